The van der Waals surface area contributed by atoms with Crippen molar-refractivity contribution in [3.05, 3.63) is 64.9 Å². The molecule has 5 nitrogen and oxygen atoms in total. The summed E-state index contributed by atoms with van der Waals surface area (Å²) in [5.74, 6) is -1.46. The summed E-state index contributed by atoms with van der Waals surface area (Å²) < 4.78 is 74.9. The van der Waals surface area contributed by atoms with Gasteiger partial charge in [-0.25, -0.2) is 26.4 Å². The maximum atomic E-state index is 14.5. The van der Waals surface area contributed by atoms with Crippen LogP contribution in [0.1, 0.15) is 12.5 Å². The van der Waals surface area contributed by atoms with Crippen molar-refractivity contribution >= 4 is 33.0 Å². The lowest BCUT2D eigenvalue weighted by Gasteiger charge is -2.29. The predicted molar refractivity (Wildman–Crippen MR) is 104 cm³/mol. The first-order chi connectivity index (χ1) is 13.9. The van der Waals surface area contributed by atoms with Gasteiger partial charge < -0.3 is 9.47 Å². The first-order valence-corrected chi connectivity index (χ1v) is 10.8. The van der Waals surface area contributed by atoms with E-state index in [1.54, 1.807) is 0 Å². The van der Waals surface area contributed by atoms with Gasteiger partial charge >= 0.3 is 5.97 Å². The summed E-state index contributed by atoms with van der Waals surface area (Å²) in [7, 11) is -3.53. The van der Waals surface area contributed by atoms with Crippen LogP contribution in [0.15, 0.2) is 59.2 Å². The summed E-state index contributed by atoms with van der Waals surface area (Å²) in [6.45, 7) is 1.01. The van der Waals surface area contributed by atoms with Crippen molar-refractivity contribution in [2.45, 2.75) is 30.0 Å². The second-order valence-electron chi connectivity index (χ2n) is 6.79. The van der Waals surface area contributed by atoms with Crippen LogP contribution in [0.25, 0.3) is 5.57 Å². The van der Waals surface area contributed by atoms with Crippen LogP contribution in [0, 0.1) is 0 Å². The van der Waals surface area contributed by atoms with Gasteiger partial charge in [-0.3, -0.25) is 0 Å². The molecule has 1 aliphatic rings. The zero-order chi connectivity index (χ0) is 22.3. The smallest absolute Gasteiger partial charge is 0.375 e. The van der Waals surface area contributed by atoms with E-state index in [0.717, 1.165) is 13.2 Å². The lowest BCUT2D eigenvalue weighted by atomic mass is 9.86. The topological polar surface area (TPSA) is 69.7 Å². The Morgan fingerprint density at radius 1 is 1.03 bits per heavy atom. The normalized spacial score (nSPS) is 20.4. The van der Waals surface area contributed by atoms with Gasteiger partial charge in [-0.15, -0.1) is 0 Å². The van der Waals surface area contributed by atoms with Crippen molar-refractivity contribution in [2.24, 2.45) is 0 Å². The van der Waals surface area contributed by atoms with Crippen LogP contribution in [0.4, 0.5) is 13.2 Å². The van der Waals surface area contributed by atoms with Crippen LogP contribution in [-0.4, -0.2) is 38.8 Å². The Morgan fingerprint density at radius 2 is 1.60 bits per heavy atom. The summed E-state index contributed by atoms with van der Waals surface area (Å²) in [5.41, 5.74) is -2.50. The highest BCUT2D eigenvalue weighted by Gasteiger charge is 2.55. The van der Waals surface area contributed by atoms with E-state index in [4.69, 9.17) is 21.1 Å². The highest BCUT2D eigenvalue weighted by atomic mass is 35.5. The van der Waals surface area contributed by atoms with E-state index >= 15 is 0 Å². The molecule has 2 aromatic rings. The van der Waals surface area contributed by atoms with Crippen LogP contribution in [0.3, 0.4) is 0 Å². The van der Waals surface area contributed by atoms with Crippen molar-refractivity contribution in [1.82, 2.24) is 0 Å². The van der Waals surface area contributed by atoms with Gasteiger partial charge in [0.05, 0.1) is 10.5 Å². The lowest BCUT2D eigenvalue weighted by Crippen LogP contribution is -2.42. The molecule has 0 fully saturated rings. The number of alkyl halides is 3. The Hall–Kier alpha value is -2.52. The fraction of sp³-hybridized carbons (Fsp3) is 0.250. The molecule has 0 saturated carbocycles. The van der Waals surface area contributed by atoms with E-state index in [2.05, 4.69) is 0 Å². The minimum atomic E-state index is -3.53. The van der Waals surface area contributed by atoms with Gasteiger partial charge in [0.2, 0.25) is 11.9 Å². The molecule has 0 amide bonds. The lowest BCUT2D eigenvalue weighted by molar-refractivity contribution is -0.156. The molecule has 0 aromatic heterocycles. The van der Waals surface area contributed by atoms with Crippen molar-refractivity contribution < 1.29 is 35.9 Å². The Balaban J connectivity index is 2.17. The largest absolute Gasteiger partial charge is 0.449 e. The summed E-state index contributed by atoms with van der Waals surface area (Å²) in [5, 5.41) is 0.397. The van der Waals surface area contributed by atoms with E-state index in [0.29, 0.717) is 5.02 Å². The number of carbonyl (C=O) groups excluding carboxylic acids is 1. The molecule has 2 atom stereocenters. The number of rotatable bonds is 6. The van der Waals surface area contributed by atoms with E-state index in [1.165, 1.54) is 48.5 Å². The van der Waals surface area contributed by atoms with Crippen LogP contribution < -0.4 is 4.74 Å². The van der Waals surface area contributed by atoms with Gasteiger partial charge in [0.1, 0.15) is 5.75 Å². The first-order valence-electron chi connectivity index (χ1n) is 8.57. The number of cyclic esters (lactones) is 1. The summed E-state index contributed by atoms with van der Waals surface area (Å²) in [4.78, 5) is 12.4. The molecule has 2 aromatic carbocycles. The second-order valence-corrected chi connectivity index (χ2v) is 9.24. The Labute approximate surface area is 176 Å². The number of hydrogen-bond donors (Lipinski definition) is 0. The number of halogens is 4. The van der Waals surface area contributed by atoms with Gasteiger partial charge in [0, 0.05) is 11.3 Å². The SMILES string of the molecule is C[C@@]1(C(F)C(F)F)OC(=O)C(Oc2ccc(Cl)cc2)=C1c1ccc(S(C)(=O)=O)cc1. The number of sulfone groups is 1. The van der Waals surface area contributed by atoms with Gasteiger partial charge in [-0.05, 0) is 48.9 Å². The van der Waals surface area contributed by atoms with Crippen molar-refractivity contribution in [3.8, 4) is 5.75 Å². The van der Waals surface area contributed by atoms with Gasteiger partial charge in [-0.1, -0.05) is 23.7 Å². The number of ether oxygens (including phenoxy) is 2. The highest BCUT2D eigenvalue weighted by Crippen LogP contribution is 2.45. The second kappa shape index (κ2) is 7.96. The fourth-order valence-corrected chi connectivity index (χ4v) is 3.81. The van der Waals surface area contributed by atoms with E-state index in [1.807, 2.05) is 0 Å². The predicted octanol–water partition coefficient (Wildman–Crippen LogP) is 4.45. The van der Waals surface area contributed by atoms with Crippen molar-refractivity contribution in [2.75, 3.05) is 6.26 Å². The first kappa shape index (κ1) is 22.2. The fourth-order valence-electron chi connectivity index (χ4n) is 3.05. The molecular formula is C20H16ClF3O5S. The number of benzene rings is 2. The molecule has 160 valence electrons. The number of esters is 1. The minimum Gasteiger partial charge on any atom is -0.449 e. The quantitative estimate of drug-likeness (QED) is 0.596. The Kier molecular flexibility index (Phi) is 5.88. The monoisotopic (exact) mass is 460 g/mol. The molecule has 0 bridgehead atoms. The Bertz CT molecular complexity index is 1100. The average Bonchev–Trinajstić information content (AvgIpc) is 2.93. The Morgan fingerprint density at radius 3 is 2.10 bits per heavy atom. The van der Waals surface area contributed by atoms with Gasteiger partial charge in [-0.2, -0.15) is 0 Å². The summed E-state index contributed by atoms with van der Waals surface area (Å²) >= 11 is 5.81. The molecule has 0 N–H and O–H groups in total. The molecule has 3 rings (SSSR count). The maximum Gasteiger partial charge on any atom is 0.375 e. The van der Waals surface area contributed by atoms with Crippen molar-refractivity contribution in [1.29, 1.82) is 0 Å². The molecule has 30 heavy (non-hydrogen) atoms. The third-order valence-corrected chi connectivity index (χ3v) is 5.95. The minimum absolute atomic E-state index is 0.0374. The van der Waals surface area contributed by atoms with Crippen LogP contribution in [-0.2, 0) is 19.4 Å². The van der Waals surface area contributed by atoms with E-state index < -0.39 is 39.8 Å². The molecule has 0 spiro atoms. The van der Waals surface area contributed by atoms with E-state index in [9.17, 15) is 26.4 Å². The molecular weight excluding hydrogens is 445 g/mol. The molecule has 0 aliphatic carbocycles. The summed E-state index contributed by atoms with van der Waals surface area (Å²) in [6, 6.07) is 10.8. The highest BCUT2D eigenvalue weighted by molar-refractivity contribution is 7.90. The molecule has 1 unspecified atom stereocenters. The molecule has 1 heterocycles. The molecule has 10 heteroatoms. The molecule has 0 radical (unpaired) electrons. The zero-order valence-corrected chi connectivity index (χ0v) is 17.3. The van der Waals surface area contributed by atoms with Crippen LogP contribution in [0.2, 0.25) is 5.02 Å². The number of carbonyl (C=O) groups is 1. The van der Waals surface area contributed by atoms with Crippen LogP contribution in [0.5, 0.6) is 5.75 Å². The third-order valence-electron chi connectivity index (χ3n) is 4.57. The van der Waals surface area contributed by atoms with Gasteiger partial charge in [0.15, 0.2) is 15.4 Å². The molecule has 0 saturated heterocycles. The van der Waals surface area contributed by atoms with E-state index in [-0.39, 0.29) is 21.8 Å². The third kappa shape index (κ3) is 4.17. The average molecular weight is 461 g/mol. The maximum absolute atomic E-state index is 14.5. The molecule has 1 aliphatic heterocycles. The number of hydrogen-bond acceptors (Lipinski definition) is 5. The zero-order valence-electron chi connectivity index (χ0n) is 15.7. The van der Waals surface area contributed by atoms with Crippen molar-refractivity contribution in [3.63, 3.8) is 0 Å². The van der Waals surface area contributed by atoms with Crippen LogP contribution >= 0.6 is 11.6 Å². The summed E-state index contributed by atoms with van der Waals surface area (Å²) in [6.07, 6.45) is -5.29. The standard InChI is InChI=1S/C20H16ClF3O5S/c1-20(17(22)18(23)24)15(11-3-9-14(10-4-11)30(2,26)27)16(19(25)29-20)28-13-7-5-12(21)6-8-13/h3-10,17-18H,1-2H3/t17?,20-/m1/s1. The van der Waals surface area contributed by atoms with Gasteiger partial charge in [0.25, 0.3) is 6.43 Å².